The number of hydrogen-bond acceptors (Lipinski definition) is 3. The van der Waals surface area contributed by atoms with Gasteiger partial charge >= 0.3 is 12.0 Å². The van der Waals surface area contributed by atoms with Crippen molar-refractivity contribution in [3.63, 3.8) is 0 Å². The summed E-state index contributed by atoms with van der Waals surface area (Å²) in [6, 6.07) is 2.64. The van der Waals surface area contributed by atoms with Gasteiger partial charge in [0.25, 0.3) is 0 Å². The summed E-state index contributed by atoms with van der Waals surface area (Å²) in [5.74, 6) is -1.12. The molecule has 1 aliphatic heterocycles. The van der Waals surface area contributed by atoms with E-state index in [1.807, 2.05) is 0 Å². The number of carboxylic acid groups (broad SMARTS) is 1. The zero-order valence-electron chi connectivity index (χ0n) is 11.0. The first-order valence-corrected chi connectivity index (χ1v) is 7.94. The Kier molecular flexibility index (Phi) is 5.60. The van der Waals surface area contributed by atoms with Gasteiger partial charge in [-0.3, -0.25) is 0 Å². The molecular weight excluding hydrogens is 408 g/mol. The summed E-state index contributed by atoms with van der Waals surface area (Å²) in [5, 5.41) is 14.4. The van der Waals surface area contributed by atoms with E-state index < -0.39 is 12.0 Å². The minimum atomic E-state index is -1.12. The van der Waals surface area contributed by atoms with Crippen LogP contribution in [-0.2, 0) is 4.74 Å². The van der Waals surface area contributed by atoms with Crippen LogP contribution in [0, 0.1) is 0 Å². The number of ether oxygens (including phenoxy) is 1. The molecule has 3 N–H and O–H groups in total. The highest BCUT2D eigenvalue weighted by Gasteiger charge is 2.19. The molecule has 1 aromatic rings. The number of aromatic carboxylic acids is 1. The zero-order valence-corrected chi connectivity index (χ0v) is 14.2. The predicted molar refractivity (Wildman–Crippen MR) is 84.8 cm³/mol. The van der Waals surface area contributed by atoms with Gasteiger partial charge in [-0.05, 0) is 40.9 Å². The second-order valence-electron chi connectivity index (χ2n) is 4.59. The van der Waals surface area contributed by atoms with Gasteiger partial charge in [0.1, 0.15) is 0 Å². The fraction of sp³-hybridized carbons (Fsp3) is 0.385. The monoisotopic (exact) mass is 420 g/mol. The van der Waals surface area contributed by atoms with Crippen LogP contribution in [0.3, 0.4) is 0 Å². The van der Waals surface area contributed by atoms with Gasteiger partial charge in [-0.2, -0.15) is 0 Å². The van der Waals surface area contributed by atoms with Crippen LogP contribution in [0.1, 0.15) is 23.2 Å². The van der Waals surface area contributed by atoms with Crippen molar-refractivity contribution in [2.75, 3.05) is 18.5 Å². The van der Waals surface area contributed by atoms with Gasteiger partial charge in [0.05, 0.1) is 17.4 Å². The molecule has 1 aliphatic rings. The number of amides is 2. The van der Waals surface area contributed by atoms with Gasteiger partial charge in [-0.15, -0.1) is 0 Å². The molecule has 0 aliphatic carbocycles. The van der Waals surface area contributed by atoms with Crippen LogP contribution in [0.5, 0.6) is 0 Å². The Morgan fingerprint density at radius 2 is 2.14 bits per heavy atom. The largest absolute Gasteiger partial charge is 0.478 e. The highest BCUT2D eigenvalue weighted by atomic mass is 79.9. The van der Waals surface area contributed by atoms with E-state index in [0.29, 0.717) is 15.5 Å². The highest BCUT2D eigenvalue weighted by molar-refractivity contribution is 9.11. The van der Waals surface area contributed by atoms with Crippen LogP contribution in [0.2, 0.25) is 0 Å². The smallest absolute Gasteiger partial charge is 0.337 e. The normalized spacial score (nSPS) is 17.5. The molecule has 2 rings (SSSR count). The molecule has 1 saturated heterocycles. The number of carbonyl (C=O) groups is 2. The molecule has 0 aromatic heterocycles. The van der Waals surface area contributed by atoms with Crippen molar-refractivity contribution in [2.45, 2.75) is 18.9 Å². The molecular formula is C13H14Br2N2O4. The lowest BCUT2D eigenvalue weighted by atomic mass is 10.2. The SMILES string of the molecule is O=C(NCC1CCCO1)Nc1c(Br)cc(Br)cc1C(=O)O. The quantitative estimate of drug-likeness (QED) is 0.696. The molecule has 0 spiro atoms. The lowest BCUT2D eigenvalue weighted by Crippen LogP contribution is -2.35. The highest BCUT2D eigenvalue weighted by Crippen LogP contribution is 2.30. The fourth-order valence-corrected chi connectivity index (χ4v) is 3.36. The molecule has 0 saturated carbocycles. The fourth-order valence-electron chi connectivity index (χ4n) is 2.04. The maximum atomic E-state index is 11.9. The number of carbonyl (C=O) groups excluding carboxylic acids is 1. The van der Waals surface area contributed by atoms with Crippen molar-refractivity contribution in [3.8, 4) is 0 Å². The maximum absolute atomic E-state index is 11.9. The van der Waals surface area contributed by atoms with Crippen molar-refractivity contribution in [2.24, 2.45) is 0 Å². The molecule has 1 aromatic carbocycles. The zero-order chi connectivity index (χ0) is 15.4. The van der Waals surface area contributed by atoms with E-state index in [2.05, 4.69) is 42.5 Å². The van der Waals surface area contributed by atoms with E-state index >= 15 is 0 Å². The third-order valence-corrected chi connectivity index (χ3v) is 4.12. The van der Waals surface area contributed by atoms with Gasteiger partial charge in [0.15, 0.2) is 0 Å². The van der Waals surface area contributed by atoms with E-state index in [-0.39, 0.29) is 17.4 Å². The van der Waals surface area contributed by atoms with Gasteiger partial charge in [-0.25, -0.2) is 9.59 Å². The van der Waals surface area contributed by atoms with Gasteiger partial charge in [-0.1, -0.05) is 15.9 Å². The van der Waals surface area contributed by atoms with Crippen molar-refractivity contribution in [1.82, 2.24) is 5.32 Å². The molecule has 0 radical (unpaired) electrons. The van der Waals surface area contributed by atoms with Crippen LogP contribution in [0.25, 0.3) is 0 Å². The summed E-state index contributed by atoms with van der Waals surface area (Å²) in [6.07, 6.45) is 1.95. The predicted octanol–water partition coefficient (Wildman–Crippen LogP) is 3.21. The number of anilines is 1. The van der Waals surface area contributed by atoms with Crippen molar-refractivity contribution in [3.05, 3.63) is 26.6 Å². The summed E-state index contributed by atoms with van der Waals surface area (Å²) < 4.78 is 6.50. The number of rotatable bonds is 4. The third-order valence-electron chi connectivity index (χ3n) is 3.04. The summed E-state index contributed by atoms with van der Waals surface area (Å²) in [5.41, 5.74) is 0.221. The van der Waals surface area contributed by atoms with Gasteiger partial charge < -0.3 is 20.5 Å². The van der Waals surface area contributed by atoms with E-state index in [1.165, 1.54) is 6.07 Å². The lowest BCUT2D eigenvalue weighted by Gasteiger charge is -2.14. The number of nitrogens with one attached hydrogen (secondary N) is 2. The summed E-state index contributed by atoms with van der Waals surface area (Å²) >= 11 is 6.47. The molecule has 6 nitrogen and oxygen atoms in total. The molecule has 1 heterocycles. The Morgan fingerprint density at radius 3 is 2.76 bits per heavy atom. The summed E-state index contributed by atoms with van der Waals surface area (Å²) in [4.78, 5) is 23.1. The lowest BCUT2D eigenvalue weighted by molar-refractivity contribution is 0.0698. The minimum Gasteiger partial charge on any atom is -0.478 e. The summed E-state index contributed by atoms with van der Waals surface area (Å²) in [7, 11) is 0. The Morgan fingerprint density at radius 1 is 1.38 bits per heavy atom. The molecule has 114 valence electrons. The number of halogens is 2. The van der Waals surface area contributed by atoms with E-state index in [4.69, 9.17) is 4.74 Å². The molecule has 1 unspecified atom stereocenters. The van der Waals surface area contributed by atoms with E-state index in [9.17, 15) is 14.7 Å². The first kappa shape index (κ1) is 16.3. The summed E-state index contributed by atoms with van der Waals surface area (Å²) in [6.45, 7) is 1.12. The minimum absolute atomic E-state index is 0.00326. The Hall–Kier alpha value is -1.12. The van der Waals surface area contributed by atoms with E-state index in [0.717, 1.165) is 19.4 Å². The molecule has 8 heteroatoms. The number of urea groups is 1. The first-order chi connectivity index (χ1) is 9.97. The first-order valence-electron chi connectivity index (χ1n) is 6.36. The van der Waals surface area contributed by atoms with Crippen molar-refractivity contribution >= 4 is 49.5 Å². The van der Waals surface area contributed by atoms with Gasteiger partial charge in [0, 0.05) is 22.1 Å². The molecule has 1 atom stereocenters. The average molecular weight is 422 g/mol. The molecule has 21 heavy (non-hydrogen) atoms. The second kappa shape index (κ2) is 7.24. The van der Waals surface area contributed by atoms with Crippen LogP contribution < -0.4 is 10.6 Å². The average Bonchev–Trinajstić information content (AvgIpc) is 2.92. The second-order valence-corrected chi connectivity index (χ2v) is 6.36. The Labute approximate surface area is 138 Å². The molecule has 2 amide bonds. The standard InChI is InChI=1S/C13H14Br2N2O4/c14-7-4-9(12(18)19)11(10(15)5-7)17-13(20)16-6-8-2-1-3-21-8/h4-5,8H,1-3,6H2,(H,18,19)(H2,16,17,20). The van der Waals surface area contributed by atoms with E-state index in [1.54, 1.807) is 6.07 Å². The van der Waals surface area contributed by atoms with Crippen LogP contribution in [0.4, 0.5) is 10.5 Å². The molecule has 1 fully saturated rings. The Bertz CT molecular complexity index is 559. The van der Waals surface area contributed by atoms with Gasteiger partial charge in [0.2, 0.25) is 0 Å². The third kappa shape index (κ3) is 4.42. The van der Waals surface area contributed by atoms with Crippen LogP contribution in [0.15, 0.2) is 21.1 Å². The number of benzene rings is 1. The van der Waals surface area contributed by atoms with Crippen LogP contribution in [-0.4, -0.2) is 36.4 Å². The van der Waals surface area contributed by atoms with Crippen molar-refractivity contribution < 1.29 is 19.4 Å². The molecule has 0 bridgehead atoms. The Balaban J connectivity index is 2.04. The van der Waals surface area contributed by atoms with Crippen LogP contribution >= 0.6 is 31.9 Å². The number of carboxylic acids is 1. The topological polar surface area (TPSA) is 87.7 Å². The van der Waals surface area contributed by atoms with Crippen molar-refractivity contribution in [1.29, 1.82) is 0 Å². The number of hydrogen-bond donors (Lipinski definition) is 3. The maximum Gasteiger partial charge on any atom is 0.337 e.